The summed E-state index contributed by atoms with van der Waals surface area (Å²) in [5.41, 5.74) is 3.81. The summed E-state index contributed by atoms with van der Waals surface area (Å²) in [6.45, 7) is 14.5. The van der Waals surface area contributed by atoms with E-state index in [1.807, 2.05) is 44.2 Å². The number of urea groups is 1. The summed E-state index contributed by atoms with van der Waals surface area (Å²) in [7, 11) is 0. The smallest absolute Gasteiger partial charge is 0.319 e. The summed E-state index contributed by atoms with van der Waals surface area (Å²) in [4.78, 5) is 44.9. The zero-order valence-corrected chi connectivity index (χ0v) is 23.8. The first-order chi connectivity index (χ1) is 19.2. The van der Waals surface area contributed by atoms with Crippen molar-refractivity contribution in [2.75, 3.05) is 19.8 Å². The molecule has 10 heteroatoms. The highest BCUT2D eigenvalue weighted by Gasteiger charge is 2.45. The minimum atomic E-state index is -0.949. The van der Waals surface area contributed by atoms with Gasteiger partial charge in [-0.25, -0.2) is 4.79 Å². The van der Waals surface area contributed by atoms with Crippen molar-refractivity contribution in [1.82, 2.24) is 15.6 Å². The molecule has 9 nitrogen and oxygen atoms in total. The Hall–Kier alpha value is -4.02. The monoisotopic (exact) mass is 562 g/mol. The van der Waals surface area contributed by atoms with Crippen molar-refractivity contribution in [2.45, 2.75) is 44.1 Å². The third-order valence-electron chi connectivity index (χ3n) is 6.09. The van der Waals surface area contributed by atoms with Gasteiger partial charge in [-0.05, 0) is 55.7 Å². The lowest BCUT2D eigenvalue weighted by atomic mass is 9.95. The number of pyridine rings is 1. The molecule has 1 aromatic carbocycles. The SMILES string of the molecule is C=C/C(=C\N=C(/C)C1(OC(=O)CCC=O)COC1)c1cc(C)c(SC(=C)NC(=O)NCC)c(-c2ccccn2)c1. The van der Waals surface area contributed by atoms with Crippen LogP contribution in [0.2, 0.25) is 0 Å². The molecule has 1 aromatic heterocycles. The average Bonchev–Trinajstić information content (AvgIpc) is 2.91. The lowest BCUT2D eigenvalue weighted by molar-refractivity contribution is -0.189. The van der Waals surface area contributed by atoms with E-state index in [0.717, 1.165) is 32.9 Å². The Bertz CT molecular complexity index is 1330. The minimum Gasteiger partial charge on any atom is -0.448 e. The number of hydrogen-bond donors (Lipinski definition) is 2. The molecular weight excluding hydrogens is 528 g/mol. The number of aryl methyl sites for hydroxylation is 1. The largest absolute Gasteiger partial charge is 0.448 e. The Morgan fingerprint density at radius 2 is 2.08 bits per heavy atom. The maximum Gasteiger partial charge on any atom is 0.319 e. The number of ether oxygens (including phenoxy) is 2. The number of nitrogens with one attached hydrogen (secondary N) is 2. The molecule has 1 fully saturated rings. The predicted molar refractivity (Wildman–Crippen MR) is 158 cm³/mol. The molecule has 210 valence electrons. The van der Waals surface area contributed by atoms with Gasteiger partial charge in [0.2, 0.25) is 0 Å². The standard InChI is InChI=1S/C30H34N4O5S/c1-6-23(17-33-21(4)30(18-38-19-30)39-27(36)12-10-14-35)24-15-20(3)28(40-22(5)34-29(37)31-7-2)25(16-24)26-11-8-9-13-32-26/h6,8-9,11,13-17H,1,5,7,10,12,18-19H2,2-4H3,(H2,31,34,37)/b23-17+,33-21+. The molecule has 0 bridgehead atoms. The Morgan fingerprint density at radius 3 is 2.67 bits per heavy atom. The third kappa shape index (κ3) is 7.77. The molecule has 0 saturated carbocycles. The van der Waals surface area contributed by atoms with E-state index in [2.05, 4.69) is 33.8 Å². The zero-order chi connectivity index (χ0) is 29.1. The van der Waals surface area contributed by atoms with Crippen molar-refractivity contribution in [3.63, 3.8) is 0 Å². The van der Waals surface area contributed by atoms with Crippen LogP contribution in [0, 0.1) is 6.92 Å². The first-order valence-electron chi connectivity index (χ1n) is 12.8. The van der Waals surface area contributed by atoms with E-state index in [1.54, 1.807) is 25.4 Å². The highest BCUT2D eigenvalue weighted by molar-refractivity contribution is 8.03. The molecule has 0 aliphatic carbocycles. The molecule has 2 amide bonds. The van der Waals surface area contributed by atoms with Gasteiger partial charge in [0.15, 0.2) is 5.60 Å². The van der Waals surface area contributed by atoms with Crippen LogP contribution in [0.3, 0.4) is 0 Å². The van der Waals surface area contributed by atoms with Gasteiger partial charge in [-0.15, -0.1) is 0 Å². The number of thioether (sulfide) groups is 1. The van der Waals surface area contributed by atoms with Crippen molar-refractivity contribution in [2.24, 2.45) is 4.99 Å². The second-order valence-corrected chi connectivity index (χ2v) is 10.2. The van der Waals surface area contributed by atoms with Gasteiger partial charge in [0, 0.05) is 35.8 Å². The molecule has 3 rings (SSSR count). The number of aldehydes is 1. The number of allylic oxidation sites excluding steroid dienone is 2. The van der Waals surface area contributed by atoms with E-state index >= 15 is 0 Å². The number of carbonyl (C=O) groups excluding carboxylic acids is 3. The summed E-state index contributed by atoms with van der Waals surface area (Å²) in [6.07, 6.45) is 5.91. The van der Waals surface area contributed by atoms with Gasteiger partial charge in [0.05, 0.1) is 36.1 Å². The van der Waals surface area contributed by atoms with E-state index in [9.17, 15) is 14.4 Å². The lowest BCUT2D eigenvalue weighted by Crippen LogP contribution is -2.58. The van der Waals surface area contributed by atoms with Gasteiger partial charge in [-0.2, -0.15) is 0 Å². The molecule has 0 atom stereocenters. The first-order valence-corrected chi connectivity index (χ1v) is 13.6. The maximum absolute atomic E-state index is 12.2. The number of nitrogens with zero attached hydrogens (tertiary/aromatic N) is 2. The lowest BCUT2D eigenvalue weighted by Gasteiger charge is -2.40. The molecule has 1 aliphatic rings. The molecule has 1 aliphatic heterocycles. The minimum absolute atomic E-state index is 0.0113. The molecule has 40 heavy (non-hydrogen) atoms. The van der Waals surface area contributed by atoms with Gasteiger partial charge in [0.25, 0.3) is 0 Å². The van der Waals surface area contributed by atoms with Crippen LogP contribution in [-0.2, 0) is 19.1 Å². The Balaban J connectivity index is 1.96. The van der Waals surface area contributed by atoms with Crippen molar-refractivity contribution in [3.05, 3.63) is 78.1 Å². The molecule has 1 saturated heterocycles. The van der Waals surface area contributed by atoms with Gasteiger partial charge < -0.3 is 24.9 Å². The average molecular weight is 563 g/mol. The quantitative estimate of drug-likeness (QED) is 0.113. The zero-order valence-electron chi connectivity index (χ0n) is 23.0. The van der Waals surface area contributed by atoms with Crippen LogP contribution in [-0.4, -0.2) is 54.3 Å². The van der Waals surface area contributed by atoms with Gasteiger partial charge in [-0.1, -0.05) is 43.1 Å². The van der Waals surface area contributed by atoms with Crippen LogP contribution in [0.5, 0.6) is 0 Å². The second-order valence-electron chi connectivity index (χ2n) is 9.06. The summed E-state index contributed by atoms with van der Waals surface area (Å²) in [5.74, 6) is -0.468. The first kappa shape index (κ1) is 30.5. The molecule has 0 radical (unpaired) electrons. The predicted octanol–water partition coefficient (Wildman–Crippen LogP) is 5.22. The molecule has 0 unspecified atom stereocenters. The third-order valence-corrected chi connectivity index (χ3v) is 7.18. The van der Waals surface area contributed by atoms with Gasteiger partial charge >= 0.3 is 12.0 Å². The van der Waals surface area contributed by atoms with E-state index in [4.69, 9.17) is 9.47 Å². The Morgan fingerprint density at radius 1 is 1.30 bits per heavy atom. The summed E-state index contributed by atoms with van der Waals surface area (Å²) in [5, 5.41) is 5.94. The van der Waals surface area contributed by atoms with Crippen molar-refractivity contribution < 1.29 is 23.9 Å². The highest BCUT2D eigenvalue weighted by atomic mass is 32.2. The molecular formula is C30H34N4O5S. The van der Waals surface area contributed by atoms with E-state index in [0.29, 0.717) is 23.6 Å². The van der Waals surface area contributed by atoms with Gasteiger partial charge in [-0.3, -0.25) is 14.8 Å². The Kier molecular flexibility index (Phi) is 11.0. The molecule has 2 heterocycles. The fourth-order valence-electron chi connectivity index (χ4n) is 3.87. The number of aliphatic imine (C=N–C) groups is 1. The normalized spacial score (nSPS) is 14.5. The van der Waals surface area contributed by atoms with Crippen LogP contribution >= 0.6 is 11.8 Å². The topological polar surface area (TPSA) is 119 Å². The summed E-state index contributed by atoms with van der Waals surface area (Å²) < 4.78 is 11.0. The van der Waals surface area contributed by atoms with Crippen LogP contribution in [0.15, 0.2) is 76.9 Å². The van der Waals surface area contributed by atoms with E-state index < -0.39 is 11.6 Å². The molecule has 2 aromatic rings. The van der Waals surface area contributed by atoms with E-state index in [1.165, 1.54) is 11.8 Å². The second kappa shape index (κ2) is 14.4. The Labute approximate surface area is 238 Å². The molecule has 2 N–H and O–H groups in total. The fourth-order valence-corrected chi connectivity index (χ4v) is 4.76. The van der Waals surface area contributed by atoms with Crippen molar-refractivity contribution >= 4 is 41.3 Å². The van der Waals surface area contributed by atoms with Crippen LogP contribution < -0.4 is 10.6 Å². The number of esters is 1. The fraction of sp³-hybridized carbons (Fsp3) is 0.300. The number of benzene rings is 1. The maximum atomic E-state index is 12.2. The van der Waals surface area contributed by atoms with Gasteiger partial charge in [0.1, 0.15) is 6.29 Å². The van der Waals surface area contributed by atoms with Crippen molar-refractivity contribution in [3.8, 4) is 11.3 Å². The number of aromatic nitrogens is 1. The number of carbonyl (C=O) groups is 3. The van der Waals surface area contributed by atoms with Crippen LogP contribution in [0.1, 0.15) is 37.8 Å². The highest BCUT2D eigenvalue weighted by Crippen LogP contribution is 2.38. The number of amides is 2. The number of rotatable bonds is 13. The van der Waals surface area contributed by atoms with Crippen LogP contribution in [0.4, 0.5) is 4.79 Å². The van der Waals surface area contributed by atoms with Crippen LogP contribution in [0.25, 0.3) is 16.8 Å². The summed E-state index contributed by atoms with van der Waals surface area (Å²) >= 11 is 1.35. The van der Waals surface area contributed by atoms with E-state index in [-0.39, 0.29) is 32.1 Å². The summed E-state index contributed by atoms with van der Waals surface area (Å²) in [6, 6.07) is 9.37. The van der Waals surface area contributed by atoms with Crippen molar-refractivity contribution in [1.29, 1.82) is 0 Å². The number of hydrogen-bond acceptors (Lipinski definition) is 8. The molecule has 0 spiro atoms.